The second-order valence-corrected chi connectivity index (χ2v) is 5.59. The van der Waals surface area contributed by atoms with E-state index < -0.39 is 0 Å². The molecule has 0 saturated carbocycles. The number of carbonyl (C=O) groups is 1. The largest absolute Gasteiger partial charge is 0.294 e. The summed E-state index contributed by atoms with van der Waals surface area (Å²) in [6, 6.07) is 18.6. The molecule has 2 aromatic carbocycles. The van der Waals surface area contributed by atoms with Gasteiger partial charge in [-0.3, -0.25) is 9.78 Å². The molecular weight excluding hydrogens is 258 g/mol. The molecule has 0 radical (unpaired) electrons. The summed E-state index contributed by atoms with van der Waals surface area (Å²) in [5, 5.41) is 1.17. The normalized spacial score (nSPS) is 13.6. The Labute approximate surface area is 123 Å². The summed E-state index contributed by atoms with van der Waals surface area (Å²) in [5.74, 6) is 0.278. The topological polar surface area (TPSA) is 30.0 Å². The monoisotopic (exact) mass is 273 g/mol. The van der Waals surface area contributed by atoms with Crippen molar-refractivity contribution in [1.29, 1.82) is 0 Å². The van der Waals surface area contributed by atoms with E-state index in [9.17, 15) is 4.79 Å². The number of hydrogen-bond donors (Lipinski definition) is 0. The van der Waals surface area contributed by atoms with E-state index in [0.717, 1.165) is 29.6 Å². The highest BCUT2D eigenvalue weighted by Crippen LogP contribution is 2.24. The maximum atomic E-state index is 11.7. The average Bonchev–Trinajstić information content (AvgIpc) is 2.88. The number of aryl methyl sites for hydroxylation is 1. The Morgan fingerprint density at radius 2 is 1.86 bits per heavy atom. The first-order valence-electron chi connectivity index (χ1n) is 7.29. The van der Waals surface area contributed by atoms with E-state index >= 15 is 0 Å². The van der Waals surface area contributed by atoms with Crippen molar-refractivity contribution < 1.29 is 4.79 Å². The van der Waals surface area contributed by atoms with Crippen LogP contribution in [0.2, 0.25) is 0 Å². The maximum absolute atomic E-state index is 11.7. The van der Waals surface area contributed by atoms with Crippen molar-refractivity contribution in [3.8, 4) is 0 Å². The van der Waals surface area contributed by atoms with Crippen molar-refractivity contribution in [3.05, 3.63) is 77.0 Å². The molecule has 21 heavy (non-hydrogen) atoms. The standard InChI is InChI=1S/C19H15NO/c21-19-10-7-15-11-13(5-9-17(15)19)12-16-8-6-14-3-1-2-4-18(14)20-16/h1-6,8-9,11H,7,10,12H2. The van der Waals surface area contributed by atoms with Crippen LogP contribution < -0.4 is 0 Å². The van der Waals surface area contributed by atoms with E-state index in [0.29, 0.717) is 6.42 Å². The van der Waals surface area contributed by atoms with Gasteiger partial charge in [0.25, 0.3) is 0 Å². The fraction of sp³-hybridized carbons (Fsp3) is 0.158. The highest BCUT2D eigenvalue weighted by molar-refractivity contribution is 6.00. The summed E-state index contributed by atoms with van der Waals surface area (Å²) in [6.07, 6.45) is 2.35. The van der Waals surface area contributed by atoms with Crippen LogP contribution in [-0.4, -0.2) is 10.8 Å². The summed E-state index contributed by atoms with van der Waals surface area (Å²) < 4.78 is 0. The summed E-state index contributed by atoms with van der Waals surface area (Å²) in [7, 11) is 0. The number of nitrogens with zero attached hydrogens (tertiary/aromatic N) is 1. The molecule has 0 N–H and O–H groups in total. The van der Waals surface area contributed by atoms with Crippen molar-refractivity contribution in [1.82, 2.24) is 4.98 Å². The van der Waals surface area contributed by atoms with Gasteiger partial charge in [0, 0.05) is 29.5 Å². The quantitative estimate of drug-likeness (QED) is 0.707. The molecule has 0 saturated heterocycles. The second kappa shape index (κ2) is 4.81. The van der Waals surface area contributed by atoms with Crippen molar-refractivity contribution in [2.24, 2.45) is 0 Å². The van der Waals surface area contributed by atoms with Crippen molar-refractivity contribution >= 4 is 16.7 Å². The van der Waals surface area contributed by atoms with Crippen molar-refractivity contribution in [3.63, 3.8) is 0 Å². The Bertz CT molecular complexity index is 851. The van der Waals surface area contributed by atoms with E-state index in [2.05, 4.69) is 30.3 Å². The van der Waals surface area contributed by atoms with Crippen LogP contribution in [0.25, 0.3) is 10.9 Å². The number of aromatic nitrogens is 1. The molecule has 0 aliphatic heterocycles. The smallest absolute Gasteiger partial charge is 0.163 e. The van der Waals surface area contributed by atoms with Gasteiger partial charge in [-0.15, -0.1) is 0 Å². The van der Waals surface area contributed by atoms with Gasteiger partial charge in [-0.05, 0) is 29.7 Å². The molecule has 102 valence electrons. The lowest BCUT2D eigenvalue weighted by Gasteiger charge is -2.05. The first-order valence-corrected chi connectivity index (χ1v) is 7.29. The number of ketones is 1. The molecular formula is C19H15NO. The number of hydrogen-bond acceptors (Lipinski definition) is 2. The molecule has 1 heterocycles. The van der Waals surface area contributed by atoms with Gasteiger partial charge in [0.05, 0.1) is 5.52 Å². The number of para-hydroxylation sites is 1. The van der Waals surface area contributed by atoms with Gasteiger partial charge in [-0.25, -0.2) is 0 Å². The molecule has 0 unspecified atom stereocenters. The van der Waals surface area contributed by atoms with Gasteiger partial charge < -0.3 is 0 Å². The molecule has 1 aromatic heterocycles. The maximum Gasteiger partial charge on any atom is 0.163 e. The minimum atomic E-state index is 0.278. The molecule has 2 heteroatoms. The zero-order chi connectivity index (χ0) is 14.2. The predicted octanol–water partition coefficient (Wildman–Crippen LogP) is 3.95. The minimum absolute atomic E-state index is 0.278. The first kappa shape index (κ1) is 12.3. The molecule has 0 amide bonds. The van der Waals surface area contributed by atoms with Gasteiger partial charge >= 0.3 is 0 Å². The van der Waals surface area contributed by atoms with E-state index in [4.69, 9.17) is 4.98 Å². The molecule has 0 bridgehead atoms. The lowest BCUT2D eigenvalue weighted by Crippen LogP contribution is -1.95. The fourth-order valence-electron chi connectivity index (χ4n) is 3.03. The number of fused-ring (bicyclic) bond motifs is 2. The Kier molecular flexibility index (Phi) is 2.81. The summed E-state index contributed by atoms with van der Waals surface area (Å²) in [4.78, 5) is 16.4. The molecule has 4 rings (SSSR count). The van der Waals surface area contributed by atoms with Crippen LogP contribution in [0.5, 0.6) is 0 Å². The summed E-state index contributed by atoms with van der Waals surface area (Å²) in [6.45, 7) is 0. The zero-order valence-corrected chi connectivity index (χ0v) is 11.7. The highest BCUT2D eigenvalue weighted by atomic mass is 16.1. The summed E-state index contributed by atoms with van der Waals surface area (Å²) in [5.41, 5.74) is 5.43. The molecule has 0 spiro atoms. The van der Waals surface area contributed by atoms with E-state index in [1.54, 1.807) is 0 Å². The van der Waals surface area contributed by atoms with Gasteiger partial charge in [0.15, 0.2) is 5.78 Å². The van der Waals surface area contributed by atoms with Crippen LogP contribution in [0, 0.1) is 0 Å². The molecule has 0 atom stereocenters. The Balaban J connectivity index is 1.67. The van der Waals surface area contributed by atoms with Crippen LogP contribution in [0.3, 0.4) is 0 Å². The average molecular weight is 273 g/mol. The number of benzene rings is 2. The fourth-order valence-corrected chi connectivity index (χ4v) is 3.03. The number of Topliss-reactive ketones (excluding diaryl/α,β-unsaturated/α-hetero) is 1. The Hall–Kier alpha value is -2.48. The minimum Gasteiger partial charge on any atom is -0.294 e. The van der Waals surface area contributed by atoms with Gasteiger partial charge in [0.2, 0.25) is 0 Å². The molecule has 3 aromatic rings. The SMILES string of the molecule is O=C1CCc2cc(Cc3ccc4ccccc4n3)ccc21. The van der Waals surface area contributed by atoms with Crippen LogP contribution >= 0.6 is 0 Å². The third-order valence-corrected chi connectivity index (χ3v) is 4.13. The first-order chi connectivity index (χ1) is 10.3. The van der Waals surface area contributed by atoms with Crippen molar-refractivity contribution in [2.45, 2.75) is 19.3 Å². The molecule has 0 fully saturated rings. The molecule has 1 aliphatic carbocycles. The number of pyridine rings is 1. The van der Waals surface area contributed by atoms with Crippen LogP contribution in [0.15, 0.2) is 54.6 Å². The van der Waals surface area contributed by atoms with Gasteiger partial charge in [-0.1, -0.05) is 42.5 Å². The van der Waals surface area contributed by atoms with E-state index in [1.165, 1.54) is 16.5 Å². The van der Waals surface area contributed by atoms with Gasteiger partial charge in [0.1, 0.15) is 0 Å². The van der Waals surface area contributed by atoms with Crippen LogP contribution in [0.1, 0.15) is 33.6 Å². The van der Waals surface area contributed by atoms with Crippen molar-refractivity contribution in [2.75, 3.05) is 0 Å². The highest BCUT2D eigenvalue weighted by Gasteiger charge is 2.19. The lowest BCUT2D eigenvalue weighted by atomic mass is 10.0. The van der Waals surface area contributed by atoms with Crippen LogP contribution in [0.4, 0.5) is 0 Å². The molecule has 2 nitrogen and oxygen atoms in total. The second-order valence-electron chi connectivity index (χ2n) is 5.59. The molecule has 1 aliphatic rings. The third-order valence-electron chi connectivity index (χ3n) is 4.13. The summed E-state index contributed by atoms with van der Waals surface area (Å²) >= 11 is 0. The predicted molar refractivity (Wildman–Crippen MR) is 83.6 cm³/mol. The third kappa shape index (κ3) is 2.23. The lowest BCUT2D eigenvalue weighted by molar-refractivity contribution is 0.0994. The zero-order valence-electron chi connectivity index (χ0n) is 11.7. The van der Waals surface area contributed by atoms with E-state index in [-0.39, 0.29) is 5.78 Å². The Morgan fingerprint density at radius 1 is 0.952 bits per heavy atom. The number of rotatable bonds is 2. The number of carbonyl (C=O) groups excluding carboxylic acids is 1. The van der Waals surface area contributed by atoms with E-state index in [1.807, 2.05) is 24.3 Å². The Morgan fingerprint density at radius 3 is 2.81 bits per heavy atom. The van der Waals surface area contributed by atoms with Crippen LogP contribution in [-0.2, 0) is 12.8 Å². The van der Waals surface area contributed by atoms with Gasteiger partial charge in [-0.2, -0.15) is 0 Å².